The zero-order valence-electron chi connectivity index (χ0n) is 45.4. The molecule has 0 aliphatic heterocycles. The van der Waals surface area contributed by atoms with Crippen LogP contribution in [0.4, 0.5) is 0 Å². The molecular weight excluding hydrogens is 841 g/mol. The summed E-state index contributed by atoms with van der Waals surface area (Å²) >= 11 is 0. The van der Waals surface area contributed by atoms with Crippen molar-refractivity contribution < 1.29 is 28.6 Å². The molecule has 0 rings (SSSR count). The fourth-order valence-corrected chi connectivity index (χ4v) is 8.56. The van der Waals surface area contributed by atoms with Crippen molar-refractivity contribution in [1.29, 1.82) is 0 Å². The molecule has 0 saturated carbocycles. The highest BCUT2D eigenvalue weighted by molar-refractivity contribution is 5.71. The first-order valence-corrected chi connectivity index (χ1v) is 29.6. The number of carbonyl (C=O) groups is 3. The fourth-order valence-electron chi connectivity index (χ4n) is 8.56. The highest BCUT2D eigenvalue weighted by Crippen LogP contribution is 2.16. The number of allylic oxidation sites excluding steroid dienone is 8. The lowest BCUT2D eigenvalue weighted by Gasteiger charge is -2.18. The predicted molar refractivity (Wildman–Crippen MR) is 293 cm³/mol. The van der Waals surface area contributed by atoms with Crippen LogP contribution in [0.3, 0.4) is 0 Å². The second-order valence-electron chi connectivity index (χ2n) is 19.9. The maximum Gasteiger partial charge on any atom is 0.306 e. The maximum atomic E-state index is 12.8. The van der Waals surface area contributed by atoms with E-state index in [9.17, 15) is 14.4 Å². The Balaban J connectivity index is 4.14. The number of hydrogen-bond donors (Lipinski definition) is 0. The third-order valence-corrected chi connectivity index (χ3v) is 13.1. The molecule has 0 bridgehead atoms. The van der Waals surface area contributed by atoms with Crippen LogP contribution in [0.2, 0.25) is 0 Å². The normalized spacial score (nSPS) is 12.3. The van der Waals surface area contributed by atoms with Gasteiger partial charge in [-0.1, -0.05) is 256 Å². The minimum absolute atomic E-state index is 0.0743. The largest absolute Gasteiger partial charge is 0.462 e. The van der Waals surface area contributed by atoms with E-state index in [1.54, 1.807) is 0 Å². The Morgan fingerprint density at radius 3 is 0.824 bits per heavy atom. The molecule has 0 aromatic rings. The van der Waals surface area contributed by atoms with E-state index in [0.717, 1.165) is 77.0 Å². The molecule has 0 aromatic heterocycles. The lowest BCUT2D eigenvalue weighted by atomic mass is 10.0. The van der Waals surface area contributed by atoms with E-state index < -0.39 is 6.10 Å². The Morgan fingerprint density at radius 1 is 0.294 bits per heavy atom. The molecule has 0 N–H and O–H groups in total. The van der Waals surface area contributed by atoms with Gasteiger partial charge in [0.1, 0.15) is 13.2 Å². The van der Waals surface area contributed by atoms with Crippen molar-refractivity contribution in [3.63, 3.8) is 0 Å². The van der Waals surface area contributed by atoms with Gasteiger partial charge < -0.3 is 14.2 Å². The summed E-state index contributed by atoms with van der Waals surface area (Å²) in [4.78, 5) is 38.0. The quantitative estimate of drug-likeness (QED) is 0.0262. The van der Waals surface area contributed by atoms with Crippen LogP contribution in [0.5, 0.6) is 0 Å². The molecule has 0 aliphatic carbocycles. The van der Waals surface area contributed by atoms with Gasteiger partial charge in [-0.05, 0) is 83.5 Å². The molecule has 0 radical (unpaired) electrons. The Bertz CT molecular complexity index is 1190. The second kappa shape index (κ2) is 57.0. The minimum Gasteiger partial charge on any atom is -0.462 e. The molecule has 1 unspecified atom stereocenters. The average Bonchev–Trinajstić information content (AvgIpc) is 3.34. The molecule has 0 saturated heterocycles. The molecule has 6 heteroatoms. The molecule has 0 spiro atoms. The summed E-state index contributed by atoms with van der Waals surface area (Å²) in [6.45, 7) is 6.59. The van der Waals surface area contributed by atoms with Gasteiger partial charge in [-0.25, -0.2) is 0 Å². The third-order valence-electron chi connectivity index (χ3n) is 13.1. The van der Waals surface area contributed by atoms with Crippen molar-refractivity contribution in [2.75, 3.05) is 13.2 Å². The first kappa shape index (κ1) is 65.4. The zero-order chi connectivity index (χ0) is 49.3. The SMILES string of the molecule is CCCCCC/C=C\C/C=C\CCCCCCCCCC(=O)OC(COC(=O)CCCCCCCCC)COC(=O)CCCCCCCCCCCCCCC/C=C\C/C=C\CCCCCCC. The molecule has 0 amide bonds. The molecule has 0 fully saturated rings. The predicted octanol–water partition coefficient (Wildman–Crippen LogP) is 19.8. The molecule has 0 heterocycles. The van der Waals surface area contributed by atoms with Crippen LogP contribution in [-0.4, -0.2) is 37.2 Å². The Morgan fingerprint density at radius 2 is 0.529 bits per heavy atom. The van der Waals surface area contributed by atoms with E-state index in [4.69, 9.17) is 14.2 Å². The van der Waals surface area contributed by atoms with Crippen molar-refractivity contribution in [3.8, 4) is 0 Å². The smallest absolute Gasteiger partial charge is 0.306 e. The lowest BCUT2D eigenvalue weighted by Crippen LogP contribution is -2.30. The standard InChI is InChI=1S/C62H112O6/c1-4-7-10-13-16-18-20-22-24-26-28-29-30-31-32-33-34-36-37-39-41-43-46-49-52-55-61(64)67-58-59(57-66-60(63)54-51-48-45-15-12-9-6-3)68-62(65)56-53-50-47-44-42-40-38-35-27-25-23-21-19-17-14-11-8-5-2/h19-22,25-28,59H,4-18,23-24,29-58H2,1-3H3/b21-19-,22-20-,27-25-,28-26-. The van der Waals surface area contributed by atoms with Crippen LogP contribution in [0.1, 0.15) is 310 Å². The summed E-state index contributed by atoms with van der Waals surface area (Å²) in [5, 5.41) is 0. The van der Waals surface area contributed by atoms with E-state index in [-0.39, 0.29) is 31.1 Å². The summed E-state index contributed by atoms with van der Waals surface area (Å²) < 4.78 is 16.8. The molecule has 0 aromatic carbocycles. The molecular formula is C62H112O6. The minimum atomic E-state index is -0.774. The lowest BCUT2D eigenvalue weighted by molar-refractivity contribution is -0.167. The van der Waals surface area contributed by atoms with Gasteiger partial charge in [-0.2, -0.15) is 0 Å². The van der Waals surface area contributed by atoms with Crippen LogP contribution >= 0.6 is 0 Å². The van der Waals surface area contributed by atoms with Gasteiger partial charge >= 0.3 is 17.9 Å². The molecule has 0 aliphatic rings. The first-order valence-electron chi connectivity index (χ1n) is 29.6. The summed E-state index contributed by atoms with van der Waals surface area (Å²) in [7, 11) is 0. The van der Waals surface area contributed by atoms with Crippen molar-refractivity contribution in [2.45, 2.75) is 316 Å². The number of ether oxygens (including phenoxy) is 3. The topological polar surface area (TPSA) is 78.9 Å². The molecule has 396 valence electrons. The summed E-state index contributed by atoms with van der Waals surface area (Å²) in [6.07, 6.45) is 69.9. The number of esters is 3. The average molecular weight is 954 g/mol. The van der Waals surface area contributed by atoms with Crippen molar-refractivity contribution in [3.05, 3.63) is 48.6 Å². The van der Waals surface area contributed by atoms with Crippen LogP contribution < -0.4 is 0 Å². The van der Waals surface area contributed by atoms with E-state index in [1.165, 1.54) is 193 Å². The van der Waals surface area contributed by atoms with Crippen molar-refractivity contribution in [2.24, 2.45) is 0 Å². The maximum absolute atomic E-state index is 12.8. The van der Waals surface area contributed by atoms with Crippen molar-refractivity contribution >= 4 is 17.9 Å². The van der Waals surface area contributed by atoms with E-state index in [0.29, 0.717) is 19.3 Å². The number of unbranched alkanes of at least 4 members (excludes halogenated alkanes) is 35. The molecule has 6 nitrogen and oxygen atoms in total. The van der Waals surface area contributed by atoms with Gasteiger partial charge in [0.25, 0.3) is 0 Å². The molecule has 68 heavy (non-hydrogen) atoms. The van der Waals surface area contributed by atoms with Crippen LogP contribution in [0.15, 0.2) is 48.6 Å². The number of carbonyl (C=O) groups excluding carboxylic acids is 3. The summed E-state index contributed by atoms with van der Waals surface area (Å²) in [6, 6.07) is 0. The van der Waals surface area contributed by atoms with Crippen LogP contribution in [-0.2, 0) is 28.6 Å². The van der Waals surface area contributed by atoms with E-state index in [1.807, 2.05) is 0 Å². The van der Waals surface area contributed by atoms with Gasteiger partial charge in [-0.15, -0.1) is 0 Å². The number of rotatable bonds is 54. The first-order chi connectivity index (χ1) is 33.5. The highest BCUT2D eigenvalue weighted by atomic mass is 16.6. The fraction of sp³-hybridized carbons (Fsp3) is 0.823. The van der Waals surface area contributed by atoms with Crippen LogP contribution in [0.25, 0.3) is 0 Å². The summed E-state index contributed by atoms with van der Waals surface area (Å²) in [5.74, 6) is -0.877. The zero-order valence-corrected chi connectivity index (χ0v) is 45.4. The monoisotopic (exact) mass is 953 g/mol. The van der Waals surface area contributed by atoms with Gasteiger partial charge in [0.15, 0.2) is 6.10 Å². The summed E-state index contributed by atoms with van der Waals surface area (Å²) in [5.41, 5.74) is 0. The van der Waals surface area contributed by atoms with Gasteiger partial charge in [-0.3, -0.25) is 14.4 Å². The van der Waals surface area contributed by atoms with E-state index >= 15 is 0 Å². The Labute approximate surface area is 422 Å². The van der Waals surface area contributed by atoms with E-state index in [2.05, 4.69) is 69.4 Å². The Hall–Kier alpha value is -2.63. The second-order valence-corrected chi connectivity index (χ2v) is 19.9. The van der Waals surface area contributed by atoms with Crippen LogP contribution in [0, 0.1) is 0 Å². The van der Waals surface area contributed by atoms with Crippen molar-refractivity contribution in [1.82, 2.24) is 0 Å². The number of hydrogen-bond acceptors (Lipinski definition) is 6. The molecule has 1 atom stereocenters. The highest BCUT2D eigenvalue weighted by Gasteiger charge is 2.19. The van der Waals surface area contributed by atoms with Gasteiger partial charge in [0.05, 0.1) is 0 Å². The van der Waals surface area contributed by atoms with Gasteiger partial charge in [0, 0.05) is 19.3 Å². The third kappa shape index (κ3) is 54.3. The Kier molecular flexibility index (Phi) is 54.8. The van der Waals surface area contributed by atoms with Gasteiger partial charge in [0.2, 0.25) is 0 Å².